The van der Waals surface area contributed by atoms with E-state index in [1.807, 2.05) is 6.92 Å². The zero-order valence-corrected chi connectivity index (χ0v) is 17.1. The van der Waals surface area contributed by atoms with Crippen LogP contribution in [-0.4, -0.2) is 46.7 Å². The second kappa shape index (κ2) is 6.57. The van der Waals surface area contributed by atoms with Gasteiger partial charge in [0.1, 0.15) is 0 Å². The molecule has 0 aromatic carbocycles. The Labute approximate surface area is 142 Å². The zero-order chi connectivity index (χ0) is 16.7. The molecule has 0 spiro atoms. The standard InChI is InChI=1S/C15H29NO3S2Si/c1-10(19-22(5,6)15(2,3)4)12-13(17)16-14(12)20-11-7-8-21(18)9-11/h10-12,14H,7-9H2,1-6H3,(H,16,17)/t10-,11+,12+,14-,21-/m1/s1. The Morgan fingerprint density at radius 3 is 2.50 bits per heavy atom. The summed E-state index contributed by atoms with van der Waals surface area (Å²) < 4.78 is 17.9. The van der Waals surface area contributed by atoms with Crippen molar-refractivity contribution in [1.29, 1.82) is 0 Å². The summed E-state index contributed by atoms with van der Waals surface area (Å²) in [5, 5.41) is 3.67. The maximum Gasteiger partial charge on any atom is 0.229 e. The van der Waals surface area contributed by atoms with E-state index in [0.29, 0.717) is 5.25 Å². The first kappa shape index (κ1) is 18.5. The number of hydrogen-bond donors (Lipinski definition) is 1. The molecule has 7 heteroatoms. The number of amides is 1. The van der Waals surface area contributed by atoms with E-state index in [1.165, 1.54) is 0 Å². The van der Waals surface area contributed by atoms with E-state index in [0.717, 1.165) is 17.9 Å². The van der Waals surface area contributed by atoms with Gasteiger partial charge >= 0.3 is 0 Å². The van der Waals surface area contributed by atoms with Gasteiger partial charge in [0.15, 0.2) is 8.32 Å². The van der Waals surface area contributed by atoms with E-state index in [-0.39, 0.29) is 28.3 Å². The number of nitrogens with one attached hydrogen (secondary N) is 1. The van der Waals surface area contributed by atoms with Gasteiger partial charge in [0, 0.05) is 27.6 Å². The molecule has 0 unspecified atom stereocenters. The highest BCUT2D eigenvalue weighted by atomic mass is 32.2. The van der Waals surface area contributed by atoms with Crippen molar-refractivity contribution >= 4 is 36.8 Å². The Morgan fingerprint density at radius 2 is 2.05 bits per heavy atom. The molecule has 0 saturated carbocycles. The van der Waals surface area contributed by atoms with Crippen molar-refractivity contribution in [3.8, 4) is 0 Å². The summed E-state index contributed by atoms with van der Waals surface area (Å²) in [6.07, 6.45) is 0.937. The molecule has 2 heterocycles. The van der Waals surface area contributed by atoms with E-state index in [1.54, 1.807) is 11.8 Å². The summed E-state index contributed by atoms with van der Waals surface area (Å²) in [4.78, 5) is 12.0. The minimum Gasteiger partial charge on any atom is -0.413 e. The quantitative estimate of drug-likeness (QED) is 0.603. The second-order valence-electron chi connectivity index (χ2n) is 7.90. The average molecular weight is 364 g/mol. The fraction of sp³-hybridized carbons (Fsp3) is 0.933. The van der Waals surface area contributed by atoms with Gasteiger partial charge in [-0.2, -0.15) is 0 Å². The van der Waals surface area contributed by atoms with E-state index >= 15 is 0 Å². The van der Waals surface area contributed by atoms with Gasteiger partial charge in [0.2, 0.25) is 5.91 Å². The average Bonchev–Trinajstić information content (AvgIpc) is 2.71. The molecule has 128 valence electrons. The van der Waals surface area contributed by atoms with Crippen LogP contribution in [0.2, 0.25) is 18.1 Å². The molecule has 2 aliphatic rings. The van der Waals surface area contributed by atoms with Crippen molar-refractivity contribution in [2.24, 2.45) is 5.92 Å². The smallest absolute Gasteiger partial charge is 0.229 e. The molecular weight excluding hydrogens is 334 g/mol. The Morgan fingerprint density at radius 1 is 1.41 bits per heavy atom. The van der Waals surface area contributed by atoms with Gasteiger partial charge in [-0.15, -0.1) is 11.8 Å². The molecule has 5 atom stereocenters. The third-order valence-electron chi connectivity index (χ3n) is 5.08. The molecule has 0 aromatic heterocycles. The summed E-state index contributed by atoms with van der Waals surface area (Å²) >= 11 is 1.78. The van der Waals surface area contributed by atoms with Crippen molar-refractivity contribution in [3.05, 3.63) is 0 Å². The first-order valence-corrected chi connectivity index (χ1v) is 13.3. The molecule has 2 fully saturated rings. The van der Waals surface area contributed by atoms with Crippen molar-refractivity contribution in [2.75, 3.05) is 11.5 Å². The minimum absolute atomic E-state index is 0.0564. The lowest BCUT2D eigenvalue weighted by Crippen LogP contribution is -2.62. The zero-order valence-electron chi connectivity index (χ0n) is 14.5. The molecule has 0 aliphatic carbocycles. The highest BCUT2D eigenvalue weighted by Gasteiger charge is 2.48. The van der Waals surface area contributed by atoms with Gasteiger partial charge in [-0.05, 0) is 31.5 Å². The Balaban J connectivity index is 1.94. The molecule has 2 rings (SSSR count). The van der Waals surface area contributed by atoms with Crippen LogP contribution in [0.25, 0.3) is 0 Å². The molecular formula is C15H29NO3S2Si. The lowest BCUT2D eigenvalue weighted by atomic mass is 9.96. The van der Waals surface area contributed by atoms with E-state index < -0.39 is 19.1 Å². The van der Waals surface area contributed by atoms with E-state index in [2.05, 4.69) is 39.2 Å². The highest BCUT2D eigenvalue weighted by Crippen LogP contribution is 2.41. The van der Waals surface area contributed by atoms with Gasteiger partial charge in [-0.1, -0.05) is 20.8 Å². The van der Waals surface area contributed by atoms with Crippen LogP contribution in [0.5, 0.6) is 0 Å². The summed E-state index contributed by atoms with van der Waals surface area (Å²) in [5.74, 6) is 1.59. The van der Waals surface area contributed by atoms with Gasteiger partial charge in [0.05, 0.1) is 17.4 Å². The van der Waals surface area contributed by atoms with Crippen molar-refractivity contribution in [2.45, 2.75) is 69.0 Å². The maximum absolute atomic E-state index is 12.0. The Kier molecular flexibility index (Phi) is 5.52. The number of carbonyl (C=O) groups is 1. The first-order valence-electron chi connectivity index (χ1n) is 8.00. The number of rotatable bonds is 5. The van der Waals surface area contributed by atoms with Crippen molar-refractivity contribution < 1.29 is 13.4 Å². The number of hydrogen-bond acceptors (Lipinski definition) is 4. The summed E-state index contributed by atoms with van der Waals surface area (Å²) in [6, 6.07) is 0. The third-order valence-corrected chi connectivity index (χ3v) is 12.8. The van der Waals surface area contributed by atoms with E-state index in [9.17, 15) is 9.00 Å². The predicted molar refractivity (Wildman–Crippen MR) is 97.0 cm³/mol. The molecule has 0 aromatic rings. The van der Waals surface area contributed by atoms with Crippen LogP contribution in [0.1, 0.15) is 34.1 Å². The van der Waals surface area contributed by atoms with Gasteiger partial charge in [0.25, 0.3) is 0 Å². The minimum atomic E-state index is -1.87. The van der Waals surface area contributed by atoms with Crippen molar-refractivity contribution in [3.63, 3.8) is 0 Å². The second-order valence-corrected chi connectivity index (χ2v) is 15.7. The van der Waals surface area contributed by atoms with Gasteiger partial charge in [-0.3, -0.25) is 9.00 Å². The Hall–Kier alpha value is 0.147. The molecule has 22 heavy (non-hydrogen) atoms. The molecule has 4 nitrogen and oxygen atoms in total. The first-order chi connectivity index (χ1) is 10.0. The third kappa shape index (κ3) is 3.97. The molecule has 0 radical (unpaired) electrons. The maximum atomic E-state index is 12.0. The Bertz CT molecular complexity index is 464. The van der Waals surface area contributed by atoms with Gasteiger partial charge in [-0.25, -0.2) is 0 Å². The molecule has 2 saturated heterocycles. The van der Waals surface area contributed by atoms with Crippen LogP contribution in [0, 0.1) is 5.92 Å². The molecule has 1 N–H and O–H groups in total. The summed E-state index contributed by atoms with van der Waals surface area (Å²) in [5.41, 5.74) is 0. The number of β-lactam (4-membered cyclic amide) rings is 1. The molecule has 2 aliphatic heterocycles. The van der Waals surface area contributed by atoms with Crippen LogP contribution in [0.3, 0.4) is 0 Å². The largest absolute Gasteiger partial charge is 0.413 e. The fourth-order valence-electron chi connectivity index (χ4n) is 2.61. The highest BCUT2D eigenvalue weighted by molar-refractivity contribution is 8.01. The van der Waals surface area contributed by atoms with Crippen LogP contribution >= 0.6 is 11.8 Å². The predicted octanol–water partition coefficient (Wildman–Crippen LogP) is 2.72. The lowest BCUT2D eigenvalue weighted by molar-refractivity contribution is -0.136. The van der Waals surface area contributed by atoms with E-state index in [4.69, 9.17) is 4.43 Å². The van der Waals surface area contributed by atoms with Crippen molar-refractivity contribution in [1.82, 2.24) is 5.32 Å². The summed E-state index contributed by atoms with van der Waals surface area (Å²) in [6.45, 7) is 13.1. The topological polar surface area (TPSA) is 55.4 Å². The molecule has 1 amide bonds. The number of carbonyl (C=O) groups excluding carboxylic acids is 1. The summed E-state index contributed by atoms with van der Waals surface area (Å²) in [7, 11) is -2.53. The lowest BCUT2D eigenvalue weighted by Gasteiger charge is -2.45. The van der Waals surface area contributed by atoms with Crippen LogP contribution in [0.4, 0.5) is 0 Å². The molecule has 0 bridgehead atoms. The fourth-order valence-corrected chi connectivity index (χ4v) is 7.62. The van der Waals surface area contributed by atoms with Crippen LogP contribution in [-0.2, 0) is 20.0 Å². The van der Waals surface area contributed by atoms with Crippen LogP contribution < -0.4 is 5.32 Å². The van der Waals surface area contributed by atoms with Crippen LogP contribution in [0.15, 0.2) is 0 Å². The van der Waals surface area contributed by atoms with Gasteiger partial charge < -0.3 is 9.74 Å². The SMILES string of the molecule is C[C@@H](O[Si](C)(C)C(C)(C)C)[C@H]1C(=O)N[C@@H]1S[C@H]1CC[S@@](=O)C1. The number of thioether (sulfide) groups is 1. The normalized spacial score (nSPS) is 34.2. The monoisotopic (exact) mass is 363 g/mol.